The van der Waals surface area contributed by atoms with E-state index in [-0.39, 0.29) is 6.10 Å². The second-order valence-corrected chi connectivity index (χ2v) is 3.74. The molecule has 98 valence electrons. The van der Waals surface area contributed by atoms with Crippen molar-refractivity contribution in [2.75, 3.05) is 52.0 Å². The average molecular weight is 252 g/mol. The van der Waals surface area contributed by atoms with Crippen molar-refractivity contribution in [3.05, 3.63) is 0 Å². The molecule has 0 aliphatic heterocycles. The van der Waals surface area contributed by atoms with Gasteiger partial charge in [-0.05, 0) is 13.8 Å². The molecule has 1 unspecified atom stereocenters. The number of thiol groups is 1. The summed E-state index contributed by atoms with van der Waals surface area (Å²) in [5, 5.41) is 0. The minimum Gasteiger partial charge on any atom is -0.379 e. The third-order valence-electron chi connectivity index (χ3n) is 1.79. The van der Waals surface area contributed by atoms with Gasteiger partial charge in [0.25, 0.3) is 0 Å². The minimum absolute atomic E-state index is 0.129. The molecule has 0 spiro atoms. The first-order valence-electron chi connectivity index (χ1n) is 5.77. The van der Waals surface area contributed by atoms with Gasteiger partial charge in [0.05, 0.1) is 45.7 Å². The zero-order valence-electron chi connectivity index (χ0n) is 10.3. The highest BCUT2D eigenvalue weighted by atomic mass is 32.1. The largest absolute Gasteiger partial charge is 0.379 e. The minimum atomic E-state index is 0.129. The molecule has 0 aromatic rings. The lowest BCUT2D eigenvalue weighted by molar-refractivity contribution is -0.0341. The molecule has 0 aromatic heterocycles. The lowest BCUT2D eigenvalue weighted by Gasteiger charge is -2.12. The molecule has 0 fully saturated rings. The van der Waals surface area contributed by atoms with E-state index in [0.717, 1.165) is 12.4 Å². The van der Waals surface area contributed by atoms with E-state index in [1.807, 2.05) is 13.8 Å². The summed E-state index contributed by atoms with van der Waals surface area (Å²) in [6.07, 6.45) is 0.129. The van der Waals surface area contributed by atoms with E-state index in [2.05, 4.69) is 12.6 Å². The van der Waals surface area contributed by atoms with Gasteiger partial charge in [0.1, 0.15) is 0 Å². The Balaban J connectivity index is 3.02. The molecule has 0 saturated carbocycles. The summed E-state index contributed by atoms with van der Waals surface area (Å²) in [4.78, 5) is 0. The Kier molecular flexibility index (Phi) is 13.4. The molecule has 5 heteroatoms. The molecule has 16 heavy (non-hydrogen) atoms. The van der Waals surface area contributed by atoms with Crippen LogP contribution in [-0.4, -0.2) is 58.1 Å². The van der Waals surface area contributed by atoms with Gasteiger partial charge >= 0.3 is 0 Å². The van der Waals surface area contributed by atoms with Gasteiger partial charge in [-0.2, -0.15) is 12.6 Å². The van der Waals surface area contributed by atoms with Gasteiger partial charge in [0, 0.05) is 12.4 Å². The van der Waals surface area contributed by atoms with Gasteiger partial charge in [-0.1, -0.05) is 0 Å². The fourth-order valence-electron chi connectivity index (χ4n) is 1.03. The summed E-state index contributed by atoms with van der Waals surface area (Å²) in [6, 6.07) is 0. The molecule has 0 aromatic carbocycles. The normalized spacial score (nSPS) is 12.9. The van der Waals surface area contributed by atoms with E-state index >= 15 is 0 Å². The fraction of sp³-hybridized carbons (Fsp3) is 1.00. The third kappa shape index (κ3) is 12.3. The Labute approximate surface area is 104 Å². The van der Waals surface area contributed by atoms with Gasteiger partial charge in [-0.15, -0.1) is 0 Å². The Morgan fingerprint density at radius 3 is 2.19 bits per heavy atom. The van der Waals surface area contributed by atoms with E-state index < -0.39 is 0 Å². The monoisotopic (exact) mass is 252 g/mol. The van der Waals surface area contributed by atoms with E-state index in [9.17, 15) is 0 Å². The Morgan fingerprint density at radius 1 is 0.938 bits per heavy atom. The Bertz CT molecular complexity index is 135. The molecule has 0 aliphatic carbocycles. The van der Waals surface area contributed by atoms with Crippen LogP contribution in [-0.2, 0) is 18.9 Å². The van der Waals surface area contributed by atoms with Crippen molar-refractivity contribution < 1.29 is 18.9 Å². The highest BCUT2D eigenvalue weighted by molar-refractivity contribution is 7.80. The lowest BCUT2D eigenvalue weighted by atomic mass is 10.4. The molecule has 1 atom stereocenters. The van der Waals surface area contributed by atoms with Crippen LogP contribution in [0.3, 0.4) is 0 Å². The van der Waals surface area contributed by atoms with Crippen molar-refractivity contribution in [3.63, 3.8) is 0 Å². The molecule has 0 heterocycles. The van der Waals surface area contributed by atoms with Gasteiger partial charge in [-0.25, -0.2) is 0 Å². The maximum Gasteiger partial charge on any atom is 0.0781 e. The van der Waals surface area contributed by atoms with E-state index in [1.54, 1.807) is 0 Å². The standard InChI is InChI=1S/C11H24O4S/c1-3-12-10-11(2)15-7-6-13-4-5-14-8-9-16/h11,16H,3-10H2,1-2H3. The first kappa shape index (κ1) is 16.2. The van der Waals surface area contributed by atoms with Crippen LogP contribution in [0.1, 0.15) is 13.8 Å². The maximum atomic E-state index is 5.47. The molecule has 0 rings (SSSR count). The second kappa shape index (κ2) is 13.3. The van der Waals surface area contributed by atoms with Crippen LogP contribution in [0.2, 0.25) is 0 Å². The lowest BCUT2D eigenvalue weighted by Crippen LogP contribution is -2.19. The van der Waals surface area contributed by atoms with Gasteiger partial charge in [-0.3, -0.25) is 0 Å². The van der Waals surface area contributed by atoms with E-state index in [1.165, 1.54) is 0 Å². The van der Waals surface area contributed by atoms with E-state index in [4.69, 9.17) is 18.9 Å². The number of hydrogen-bond acceptors (Lipinski definition) is 5. The maximum absolute atomic E-state index is 5.47. The van der Waals surface area contributed by atoms with E-state index in [0.29, 0.717) is 39.6 Å². The summed E-state index contributed by atoms with van der Waals surface area (Å²) in [7, 11) is 0. The van der Waals surface area contributed by atoms with Crippen molar-refractivity contribution in [2.45, 2.75) is 20.0 Å². The zero-order valence-corrected chi connectivity index (χ0v) is 11.2. The zero-order chi connectivity index (χ0) is 12.1. The summed E-state index contributed by atoms with van der Waals surface area (Å²) < 4.78 is 21.2. The van der Waals surface area contributed by atoms with Crippen LogP contribution in [0.15, 0.2) is 0 Å². The third-order valence-corrected chi connectivity index (χ3v) is 1.98. The predicted molar refractivity (Wildman–Crippen MR) is 67.4 cm³/mol. The molecular formula is C11H24O4S. The molecule has 0 amide bonds. The molecular weight excluding hydrogens is 228 g/mol. The smallest absolute Gasteiger partial charge is 0.0781 e. The summed E-state index contributed by atoms with van der Waals surface area (Å²) in [5.41, 5.74) is 0. The molecule has 0 saturated heterocycles. The fourth-order valence-corrected chi connectivity index (χ4v) is 1.16. The summed E-state index contributed by atoms with van der Waals surface area (Å²) >= 11 is 4.03. The van der Waals surface area contributed by atoms with Gasteiger partial charge < -0.3 is 18.9 Å². The highest BCUT2D eigenvalue weighted by Gasteiger charge is 2.00. The first-order chi connectivity index (χ1) is 7.81. The number of hydrogen-bond donors (Lipinski definition) is 1. The van der Waals surface area contributed by atoms with Gasteiger partial charge in [0.2, 0.25) is 0 Å². The topological polar surface area (TPSA) is 36.9 Å². The summed E-state index contributed by atoms with van der Waals surface area (Å²) in [5.74, 6) is 0.748. The van der Waals surface area contributed by atoms with Crippen LogP contribution in [0.4, 0.5) is 0 Å². The second-order valence-electron chi connectivity index (χ2n) is 3.29. The van der Waals surface area contributed by atoms with Crippen molar-refractivity contribution in [3.8, 4) is 0 Å². The molecule has 0 aliphatic rings. The van der Waals surface area contributed by atoms with Crippen LogP contribution in [0.25, 0.3) is 0 Å². The molecule has 0 radical (unpaired) electrons. The average Bonchev–Trinajstić information content (AvgIpc) is 2.30. The Morgan fingerprint density at radius 2 is 1.56 bits per heavy atom. The van der Waals surface area contributed by atoms with Crippen LogP contribution in [0.5, 0.6) is 0 Å². The Hall–Kier alpha value is 0.190. The van der Waals surface area contributed by atoms with Gasteiger partial charge in [0.15, 0.2) is 0 Å². The molecule has 0 N–H and O–H groups in total. The van der Waals surface area contributed by atoms with Crippen LogP contribution < -0.4 is 0 Å². The first-order valence-corrected chi connectivity index (χ1v) is 6.40. The van der Waals surface area contributed by atoms with Crippen LogP contribution >= 0.6 is 12.6 Å². The van der Waals surface area contributed by atoms with Crippen molar-refractivity contribution in [1.29, 1.82) is 0 Å². The molecule has 0 bridgehead atoms. The number of ether oxygens (including phenoxy) is 4. The van der Waals surface area contributed by atoms with Crippen LogP contribution in [0, 0.1) is 0 Å². The van der Waals surface area contributed by atoms with Crippen molar-refractivity contribution in [2.24, 2.45) is 0 Å². The summed E-state index contributed by atoms with van der Waals surface area (Å²) in [6.45, 7) is 8.43. The molecule has 4 nitrogen and oxygen atoms in total. The number of rotatable bonds is 12. The predicted octanol–water partition coefficient (Wildman–Crippen LogP) is 1.39. The quantitative estimate of drug-likeness (QED) is 0.421. The van der Waals surface area contributed by atoms with Crippen molar-refractivity contribution in [1.82, 2.24) is 0 Å². The highest BCUT2D eigenvalue weighted by Crippen LogP contribution is 1.92. The van der Waals surface area contributed by atoms with Crippen molar-refractivity contribution >= 4 is 12.6 Å². The SMILES string of the molecule is CCOCC(C)OCCOCCOCCS.